The third-order valence-corrected chi connectivity index (χ3v) is 7.43. The molecule has 2 rings (SSSR count). The third-order valence-electron chi connectivity index (χ3n) is 6.00. The molecule has 1 aromatic heterocycles. The quantitative estimate of drug-likeness (QED) is 0.279. The molecular weight excluding hydrogens is 448 g/mol. The van der Waals surface area contributed by atoms with Gasteiger partial charge in [-0.2, -0.15) is 0 Å². The molecule has 0 amide bonds. The van der Waals surface area contributed by atoms with E-state index in [0.717, 1.165) is 55.3 Å². The molecule has 0 spiro atoms. The van der Waals surface area contributed by atoms with Gasteiger partial charge in [0.15, 0.2) is 11.4 Å². The minimum Gasteiger partial charge on any atom is -0.363 e. The molecule has 188 valence electrons. The minimum atomic E-state index is 0.307. The van der Waals surface area contributed by atoms with Gasteiger partial charge in [0.25, 0.3) is 0 Å². The topological polar surface area (TPSA) is 71.2 Å². The summed E-state index contributed by atoms with van der Waals surface area (Å²) in [6.07, 6.45) is 10.1. The molecule has 2 heterocycles. The molecule has 0 radical (unpaired) electrons. The predicted molar refractivity (Wildman–Crippen MR) is 149 cm³/mol. The fourth-order valence-corrected chi connectivity index (χ4v) is 4.10. The number of nitrogens with one attached hydrogen (secondary N) is 1. The summed E-state index contributed by atoms with van der Waals surface area (Å²) in [4.78, 5) is 17.2. The number of likely N-dealkylation sites (tertiary alicyclic amines) is 1. The Morgan fingerprint density at radius 2 is 1.91 bits per heavy atom. The summed E-state index contributed by atoms with van der Waals surface area (Å²) < 4.78 is 0. The highest BCUT2D eigenvalue weighted by molar-refractivity contribution is 7.80. The van der Waals surface area contributed by atoms with Crippen molar-refractivity contribution in [1.82, 2.24) is 15.2 Å². The lowest BCUT2D eigenvalue weighted by Crippen LogP contribution is -2.44. The van der Waals surface area contributed by atoms with Gasteiger partial charge in [-0.25, -0.2) is 4.98 Å². The van der Waals surface area contributed by atoms with Crippen LogP contribution in [0.25, 0.3) is 0 Å². The maximum absolute atomic E-state index is 10.7. The lowest BCUT2D eigenvalue weighted by atomic mass is 9.69. The van der Waals surface area contributed by atoms with Gasteiger partial charge in [0, 0.05) is 37.5 Å². The van der Waals surface area contributed by atoms with E-state index in [1.807, 2.05) is 5.38 Å². The van der Waals surface area contributed by atoms with Crippen molar-refractivity contribution in [3.05, 3.63) is 40.9 Å². The van der Waals surface area contributed by atoms with E-state index in [9.17, 15) is 4.79 Å². The Bertz CT molecular complexity index is 727. The summed E-state index contributed by atoms with van der Waals surface area (Å²) in [7, 11) is 0. The SMILES string of the molecule is C/C=C\C(C)(C)C(C)(C)C.C=CCN.CCCNC(=S)N1CCC(c2nc(C=O)cs2)CC1. The van der Waals surface area contributed by atoms with Crippen LogP contribution in [0.2, 0.25) is 0 Å². The zero-order chi connectivity index (χ0) is 25.5. The molecular formula is C26H46N4OS2. The molecule has 33 heavy (non-hydrogen) atoms. The fraction of sp³-hybridized carbons (Fsp3) is 0.654. The van der Waals surface area contributed by atoms with E-state index in [1.165, 1.54) is 0 Å². The number of rotatable bonds is 6. The Morgan fingerprint density at radius 3 is 2.27 bits per heavy atom. The van der Waals surface area contributed by atoms with Gasteiger partial charge < -0.3 is 16.0 Å². The highest BCUT2D eigenvalue weighted by Crippen LogP contribution is 2.38. The first kappa shape index (κ1) is 31.4. The molecule has 0 unspecified atom stereocenters. The number of hydrogen-bond acceptors (Lipinski definition) is 5. The molecule has 1 aliphatic heterocycles. The first-order valence-corrected chi connectivity index (χ1v) is 13.1. The van der Waals surface area contributed by atoms with E-state index in [2.05, 4.69) is 82.4 Å². The zero-order valence-corrected chi connectivity index (χ0v) is 23.5. The van der Waals surface area contributed by atoms with Gasteiger partial charge >= 0.3 is 0 Å². The molecule has 0 aliphatic carbocycles. The number of hydrogen-bond donors (Lipinski definition) is 2. The second-order valence-corrected chi connectivity index (χ2v) is 11.0. The summed E-state index contributed by atoms with van der Waals surface area (Å²) in [5.41, 5.74) is 6.14. The maximum atomic E-state index is 10.7. The molecule has 1 aromatic rings. The van der Waals surface area contributed by atoms with Crippen molar-refractivity contribution in [2.45, 2.75) is 73.6 Å². The van der Waals surface area contributed by atoms with Crippen molar-refractivity contribution < 1.29 is 4.79 Å². The van der Waals surface area contributed by atoms with Crippen LogP contribution in [-0.4, -0.2) is 47.5 Å². The van der Waals surface area contributed by atoms with Crippen LogP contribution in [0.15, 0.2) is 30.2 Å². The monoisotopic (exact) mass is 494 g/mol. The molecule has 0 aromatic carbocycles. The van der Waals surface area contributed by atoms with Crippen molar-refractivity contribution in [2.75, 3.05) is 26.2 Å². The zero-order valence-electron chi connectivity index (χ0n) is 21.8. The van der Waals surface area contributed by atoms with Crippen LogP contribution in [0, 0.1) is 10.8 Å². The lowest BCUT2D eigenvalue weighted by molar-refractivity contribution is 0.111. The van der Waals surface area contributed by atoms with E-state index in [-0.39, 0.29) is 0 Å². The smallest absolute Gasteiger partial charge is 0.169 e. The average molecular weight is 495 g/mol. The van der Waals surface area contributed by atoms with E-state index in [4.69, 9.17) is 18.0 Å². The highest BCUT2D eigenvalue weighted by Gasteiger charge is 2.29. The second kappa shape index (κ2) is 16.1. The third kappa shape index (κ3) is 11.9. The largest absolute Gasteiger partial charge is 0.363 e. The van der Waals surface area contributed by atoms with Gasteiger partial charge in [-0.1, -0.05) is 59.8 Å². The van der Waals surface area contributed by atoms with Gasteiger partial charge in [-0.05, 0) is 49.2 Å². The van der Waals surface area contributed by atoms with E-state index < -0.39 is 0 Å². The van der Waals surface area contributed by atoms with Crippen LogP contribution >= 0.6 is 23.6 Å². The van der Waals surface area contributed by atoms with Crippen molar-refractivity contribution >= 4 is 35.0 Å². The van der Waals surface area contributed by atoms with Crippen LogP contribution in [0.3, 0.4) is 0 Å². The number of aromatic nitrogens is 1. The van der Waals surface area contributed by atoms with Gasteiger partial charge in [0.2, 0.25) is 0 Å². The first-order chi connectivity index (χ1) is 15.5. The van der Waals surface area contributed by atoms with E-state index in [0.29, 0.717) is 29.0 Å². The number of piperidine rings is 1. The molecule has 1 saturated heterocycles. The Hall–Kier alpha value is -1.57. The van der Waals surface area contributed by atoms with Crippen molar-refractivity contribution in [3.8, 4) is 0 Å². The standard InChI is InChI=1S/C13H19N3OS2.C10H20.C3H7N/c1-2-5-14-13(18)16-6-3-10(4-7-16)12-15-11(8-17)9-19-12;1-7-8-10(5,6)9(2,3)4;1-2-3-4/h8-10H,2-7H2,1H3,(H,14,18);7-8H,1-6H3;2H,1,3-4H2/b;8-7-;. The Kier molecular flexibility index (Phi) is 15.4. The second-order valence-electron chi connectivity index (χ2n) is 9.72. The summed E-state index contributed by atoms with van der Waals surface area (Å²) in [6.45, 7) is 22.4. The number of nitrogens with two attached hydrogens (primary N) is 1. The molecule has 0 atom stereocenters. The molecule has 1 fully saturated rings. The van der Waals surface area contributed by atoms with Crippen LogP contribution in [-0.2, 0) is 0 Å². The van der Waals surface area contributed by atoms with E-state index in [1.54, 1.807) is 17.4 Å². The predicted octanol–water partition coefficient (Wildman–Crippen LogP) is 6.19. The van der Waals surface area contributed by atoms with Gasteiger partial charge in [0.1, 0.15) is 5.69 Å². The number of carbonyl (C=O) groups is 1. The van der Waals surface area contributed by atoms with Gasteiger partial charge in [0.05, 0.1) is 5.01 Å². The fourth-order valence-electron chi connectivity index (χ4n) is 2.88. The summed E-state index contributed by atoms with van der Waals surface area (Å²) in [5, 5.41) is 7.06. The van der Waals surface area contributed by atoms with Gasteiger partial charge in [-0.15, -0.1) is 17.9 Å². The number of allylic oxidation sites excluding steroid dienone is 2. The Balaban J connectivity index is 0.000000615. The van der Waals surface area contributed by atoms with Crippen LogP contribution in [0.1, 0.15) is 89.1 Å². The van der Waals surface area contributed by atoms with Crippen molar-refractivity contribution in [3.63, 3.8) is 0 Å². The molecule has 1 aliphatic rings. The Morgan fingerprint density at radius 1 is 1.33 bits per heavy atom. The molecule has 0 bridgehead atoms. The molecule has 7 heteroatoms. The van der Waals surface area contributed by atoms with Crippen LogP contribution in [0.5, 0.6) is 0 Å². The minimum absolute atomic E-state index is 0.307. The van der Waals surface area contributed by atoms with Crippen molar-refractivity contribution in [2.24, 2.45) is 16.6 Å². The molecule has 0 saturated carbocycles. The molecule has 5 nitrogen and oxygen atoms in total. The number of carbonyl (C=O) groups excluding carboxylic acids is 1. The summed E-state index contributed by atoms with van der Waals surface area (Å²) in [6, 6.07) is 0. The first-order valence-electron chi connectivity index (χ1n) is 11.9. The maximum Gasteiger partial charge on any atom is 0.169 e. The number of nitrogens with zero attached hydrogens (tertiary/aromatic N) is 2. The number of aldehydes is 1. The number of thiazole rings is 1. The van der Waals surface area contributed by atoms with E-state index >= 15 is 0 Å². The average Bonchev–Trinajstić information content (AvgIpc) is 3.27. The Labute approximate surface area is 211 Å². The molecule has 3 N–H and O–H groups in total. The highest BCUT2D eigenvalue weighted by atomic mass is 32.1. The summed E-state index contributed by atoms with van der Waals surface area (Å²) >= 11 is 6.97. The number of thiocarbonyl (C=S) groups is 1. The van der Waals surface area contributed by atoms with Crippen LogP contribution in [0.4, 0.5) is 0 Å². The van der Waals surface area contributed by atoms with Gasteiger partial charge in [-0.3, -0.25) is 4.79 Å². The van der Waals surface area contributed by atoms with Crippen molar-refractivity contribution in [1.29, 1.82) is 0 Å². The normalized spacial score (nSPS) is 14.6. The van der Waals surface area contributed by atoms with Crippen LogP contribution < -0.4 is 11.1 Å². The summed E-state index contributed by atoms with van der Waals surface area (Å²) in [5.74, 6) is 0.476. The lowest BCUT2D eigenvalue weighted by Gasteiger charge is -2.36.